The number of aromatic hydroxyl groups is 1. The highest BCUT2D eigenvalue weighted by atomic mass is 16.5. The third-order valence-electron chi connectivity index (χ3n) is 7.34. The van der Waals surface area contributed by atoms with E-state index < -0.39 is 11.0 Å². The second kappa shape index (κ2) is 4.80. The molecule has 1 aliphatic heterocycles. The fraction of sp³-hybridized carbons (Fsp3) is 0.619. The first-order chi connectivity index (χ1) is 11.9. The fourth-order valence-electron chi connectivity index (χ4n) is 5.76. The third kappa shape index (κ3) is 1.85. The highest BCUT2D eigenvalue weighted by Crippen LogP contribution is 2.63. The number of phenolic OH excluding ortho intramolecular Hbond substituents is 1. The van der Waals surface area contributed by atoms with Crippen molar-refractivity contribution in [3.8, 4) is 11.5 Å². The molecule has 1 unspecified atom stereocenters. The van der Waals surface area contributed by atoms with Crippen LogP contribution in [-0.2, 0) is 11.8 Å². The summed E-state index contributed by atoms with van der Waals surface area (Å²) in [4.78, 5) is 2.38. The lowest BCUT2D eigenvalue weighted by Gasteiger charge is -2.58. The molecule has 0 spiro atoms. The van der Waals surface area contributed by atoms with E-state index in [1.54, 1.807) is 6.07 Å². The molecule has 0 amide bonds. The van der Waals surface area contributed by atoms with Crippen LogP contribution in [0.3, 0.4) is 0 Å². The molecule has 134 valence electrons. The molecule has 1 heterocycles. The summed E-state index contributed by atoms with van der Waals surface area (Å²) >= 11 is 0. The first-order valence-corrected chi connectivity index (χ1v) is 9.48. The molecule has 2 fully saturated rings. The van der Waals surface area contributed by atoms with E-state index in [1.807, 2.05) is 6.07 Å². The molecule has 1 aromatic rings. The van der Waals surface area contributed by atoms with Crippen molar-refractivity contribution in [3.05, 3.63) is 35.4 Å². The number of hydrogen-bond donors (Lipinski definition) is 2. The Labute approximate surface area is 149 Å². The summed E-state index contributed by atoms with van der Waals surface area (Å²) < 4.78 is 6.21. The molecule has 4 aliphatic rings. The Kier molecular flexibility index (Phi) is 3.02. The summed E-state index contributed by atoms with van der Waals surface area (Å²) in [6.07, 6.45) is 4.64. The number of nitrogens with zero attached hydrogens (tertiary/aromatic N) is 1. The van der Waals surface area contributed by atoms with Crippen molar-refractivity contribution in [2.75, 3.05) is 13.6 Å². The number of likely N-dealkylation sites (N-methyl/N-ethyl adjacent to an activating group) is 1. The van der Waals surface area contributed by atoms with Gasteiger partial charge in [0, 0.05) is 18.2 Å². The Hall–Kier alpha value is -1.52. The van der Waals surface area contributed by atoms with Crippen LogP contribution >= 0.6 is 0 Å². The highest BCUT2D eigenvalue weighted by molar-refractivity contribution is 5.62. The summed E-state index contributed by atoms with van der Waals surface area (Å²) in [5, 5.41) is 22.4. The predicted octanol–water partition coefficient (Wildman–Crippen LogP) is 2.76. The maximum absolute atomic E-state index is 12.0. The van der Waals surface area contributed by atoms with Gasteiger partial charge in [-0.1, -0.05) is 12.6 Å². The quantitative estimate of drug-likeness (QED) is 0.830. The lowest BCUT2D eigenvalue weighted by Crippen LogP contribution is -2.70. The minimum absolute atomic E-state index is 0.0697. The van der Waals surface area contributed by atoms with E-state index in [0.717, 1.165) is 36.4 Å². The molecule has 1 aromatic carbocycles. The average Bonchev–Trinajstić information content (AvgIpc) is 3.31. The minimum atomic E-state index is -0.867. The molecular formula is C21H27NO3. The van der Waals surface area contributed by atoms with E-state index in [1.165, 1.54) is 18.4 Å². The van der Waals surface area contributed by atoms with Gasteiger partial charge in [0.1, 0.15) is 6.10 Å². The van der Waals surface area contributed by atoms with Crippen molar-refractivity contribution in [3.63, 3.8) is 0 Å². The van der Waals surface area contributed by atoms with Crippen molar-refractivity contribution in [1.82, 2.24) is 4.90 Å². The Morgan fingerprint density at radius 1 is 1.36 bits per heavy atom. The lowest BCUT2D eigenvalue weighted by molar-refractivity contribution is -0.135. The van der Waals surface area contributed by atoms with Crippen LogP contribution in [-0.4, -0.2) is 46.5 Å². The van der Waals surface area contributed by atoms with Crippen LogP contribution in [0.15, 0.2) is 24.3 Å². The Bertz CT molecular complexity index is 771. The van der Waals surface area contributed by atoms with Gasteiger partial charge in [-0.25, -0.2) is 0 Å². The normalized spacial score (nSPS) is 38.6. The van der Waals surface area contributed by atoms with Crippen molar-refractivity contribution in [2.45, 2.75) is 62.2 Å². The Balaban J connectivity index is 1.68. The standard InChI is InChI=1S/C21H27NO3/c1-12-8-9-21(24)16(22(3)11-13-4-5-13)10-14-6-7-15(23)18-17(14)20(21,2)19(12)25-18/h6-7,13,16,19,23-24H,1,4-5,8-11H2,2-3H3/t16-,19+,20?,21-/m1/s1. The first kappa shape index (κ1) is 15.7. The first-order valence-electron chi connectivity index (χ1n) is 9.48. The lowest BCUT2D eigenvalue weighted by atomic mass is 9.52. The smallest absolute Gasteiger partial charge is 0.166 e. The molecule has 0 saturated heterocycles. The minimum Gasteiger partial charge on any atom is -0.504 e. The van der Waals surface area contributed by atoms with E-state index in [0.29, 0.717) is 12.2 Å². The molecular weight excluding hydrogens is 314 g/mol. The van der Waals surface area contributed by atoms with Gasteiger partial charge in [-0.15, -0.1) is 0 Å². The van der Waals surface area contributed by atoms with Gasteiger partial charge in [-0.2, -0.15) is 0 Å². The third-order valence-corrected chi connectivity index (χ3v) is 7.34. The Morgan fingerprint density at radius 2 is 2.12 bits per heavy atom. The van der Waals surface area contributed by atoms with Crippen molar-refractivity contribution >= 4 is 0 Å². The molecule has 5 rings (SSSR count). The van der Waals surface area contributed by atoms with E-state index in [9.17, 15) is 10.2 Å². The molecule has 4 heteroatoms. The zero-order valence-electron chi connectivity index (χ0n) is 15.1. The van der Waals surface area contributed by atoms with Gasteiger partial charge in [-0.05, 0) is 69.2 Å². The summed E-state index contributed by atoms with van der Waals surface area (Å²) in [5.41, 5.74) is 1.82. The van der Waals surface area contributed by atoms with Gasteiger partial charge in [-0.3, -0.25) is 4.90 Å². The highest BCUT2D eigenvalue weighted by Gasteiger charge is 2.67. The predicted molar refractivity (Wildman–Crippen MR) is 96.0 cm³/mol. The molecule has 25 heavy (non-hydrogen) atoms. The van der Waals surface area contributed by atoms with Crippen LogP contribution in [0.25, 0.3) is 0 Å². The number of rotatable bonds is 3. The number of aliphatic hydroxyl groups is 1. The fourth-order valence-corrected chi connectivity index (χ4v) is 5.76. The van der Waals surface area contributed by atoms with Crippen molar-refractivity contribution in [1.29, 1.82) is 0 Å². The topological polar surface area (TPSA) is 52.9 Å². The van der Waals surface area contributed by atoms with E-state index in [-0.39, 0.29) is 17.9 Å². The van der Waals surface area contributed by atoms with Gasteiger partial charge in [0.05, 0.1) is 11.0 Å². The molecule has 4 nitrogen and oxygen atoms in total. The maximum Gasteiger partial charge on any atom is 0.166 e. The molecule has 2 N–H and O–H groups in total. The van der Waals surface area contributed by atoms with E-state index in [2.05, 4.69) is 25.5 Å². The molecule has 0 radical (unpaired) electrons. The molecule has 2 saturated carbocycles. The van der Waals surface area contributed by atoms with Crippen molar-refractivity contribution in [2.24, 2.45) is 5.92 Å². The molecule has 4 atom stereocenters. The van der Waals surface area contributed by atoms with Gasteiger partial charge >= 0.3 is 0 Å². The molecule has 3 aliphatic carbocycles. The zero-order valence-corrected chi connectivity index (χ0v) is 15.1. The van der Waals surface area contributed by atoms with Gasteiger partial charge in [0.25, 0.3) is 0 Å². The zero-order chi connectivity index (χ0) is 17.6. The van der Waals surface area contributed by atoms with Gasteiger partial charge < -0.3 is 14.9 Å². The molecule has 0 bridgehead atoms. The largest absolute Gasteiger partial charge is 0.504 e. The average molecular weight is 341 g/mol. The number of hydrogen-bond acceptors (Lipinski definition) is 4. The summed E-state index contributed by atoms with van der Waals surface area (Å²) in [6, 6.07) is 3.82. The maximum atomic E-state index is 12.0. The van der Waals surface area contributed by atoms with Crippen LogP contribution in [0.4, 0.5) is 0 Å². The number of ether oxygens (including phenoxy) is 1. The van der Waals surface area contributed by atoms with Crippen molar-refractivity contribution < 1.29 is 14.9 Å². The van der Waals surface area contributed by atoms with E-state index >= 15 is 0 Å². The van der Waals surface area contributed by atoms with Gasteiger partial charge in [0.15, 0.2) is 11.5 Å². The number of phenols is 1. The Morgan fingerprint density at radius 3 is 2.84 bits per heavy atom. The van der Waals surface area contributed by atoms with E-state index in [4.69, 9.17) is 4.74 Å². The van der Waals surface area contributed by atoms with Crippen LogP contribution in [0, 0.1) is 5.92 Å². The van der Waals surface area contributed by atoms with Crippen LogP contribution in [0.5, 0.6) is 11.5 Å². The molecule has 0 aromatic heterocycles. The van der Waals surface area contributed by atoms with Crippen LogP contribution in [0.2, 0.25) is 0 Å². The summed E-state index contributed by atoms with van der Waals surface area (Å²) in [5.74, 6) is 1.52. The summed E-state index contributed by atoms with van der Waals surface area (Å²) in [7, 11) is 2.16. The van der Waals surface area contributed by atoms with Crippen LogP contribution < -0.4 is 4.74 Å². The SMILES string of the molecule is C=C1CC[C@@]2(O)[C@H](N(C)CC3CC3)Cc3ccc(O)c4c3C2(C)[C@H]1O4. The second-order valence-corrected chi connectivity index (χ2v) is 8.83. The van der Waals surface area contributed by atoms with Crippen LogP contribution in [0.1, 0.15) is 43.7 Å². The number of benzene rings is 1. The second-order valence-electron chi connectivity index (χ2n) is 8.83. The summed E-state index contributed by atoms with van der Waals surface area (Å²) in [6.45, 7) is 7.40. The van der Waals surface area contributed by atoms with Gasteiger partial charge in [0.2, 0.25) is 0 Å². The monoisotopic (exact) mass is 341 g/mol.